The van der Waals surface area contributed by atoms with E-state index in [1.165, 1.54) is 31.3 Å². The molecule has 5 N–H and O–H groups in total. The molecule has 0 atom stereocenters. The summed E-state index contributed by atoms with van der Waals surface area (Å²) in [5.74, 6) is -0.715. The third-order valence-electron chi connectivity index (χ3n) is 4.10. The Bertz CT molecular complexity index is 620. The van der Waals surface area contributed by atoms with Crippen LogP contribution in [0.2, 0.25) is 5.02 Å². The van der Waals surface area contributed by atoms with Crippen molar-refractivity contribution in [1.29, 1.82) is 0 Å². The molecule has 2 rings (SSSR count). The molecular weight excluding hydrogens is 348 g/mol. The third-order valence-corrected chi connectivity index (χ3v) is 4.39. The summed E-state index contributed by atoms with van der Waals surface area (Å²) >= 11 is 6.02. The van der Waals surface area contributed by atoms with E-state index in [0.29, 0.717) is 28.8 Å². The van der Waals surface area contributed by atoms with Crippen LogP contribution < -0.4 is 30.3 Å². The Hall–Kier alpha value is -2.03. The van der Waals surface area contributed by atoms with Gasteiger partial charge in [-0.05, 0) is 0 Å². The number of amides is 2. The molecule has 1 heterocycles. The minimum Gasteiger partial charge on any atom is -0.495 e. The summed E-state index contributed by atoms with van der Waals surface area (Å²) in [5, 5.41) is 7.80. The van der Waals surface area contributed by atoms with Gasteiger partial charge in [0, 0.05) is 12.1 Å². The van der Waals surface area contributed by atoms with Gasteiger partial charge in [-0.3, -0.25) is 9.59 Å². The van der Waals surface area contributed by atoms with Crippen LogP contribution in [0.4, 0.5) is 5.69 Å². The van der Waals surface area contributed by atoms with Crippen molar-refractivity contribution in [2.75, 3.05) is 58.8 Å². The van der Waals surface area contributed by atoms with Crippen LogP contribution in [0.5, 0.6) is 11.5 Å². The lowest BCUT2D eigenvalue weighted by molar-refractivity contribution is -0.945. The number of nitrogens with two attached hydrogens (primary N) is 1. The molecule has 1 fully saturated rings. The zero-order chi connectivity index (χ0) is 18.2. The summed E-state index contributed by atoms with van der Waals surface area (Å²) in [5.41, 5.74) is 0.320. The number of anilines is 1. The summed E-state index contributed by atoms with van der Waals surface area (Å²) in [4.78, 5) is 25.5. The molecule has 8 nitrogen and oxygen atoms in total. The van der Waals surface area contributed by atoms with E-state index in [1.807, 2.05) is 0 Å². The molecule has 1 aliphatic heterocycles. The number of methoxy groups -OCH3 is 2. The van der Waals surface area contributed by atoms with E-state index in [0.717, 1.165) is 32.7 Å². The van der Waals surface area contributed by atoms with Gasteiger partial charge in [-0.1, -0.05) is 11.6 Å². The SMILES string of the molecule is COc1cc(NC(=O)C(=O)NCC[NH+]2CC[NH2+]CC2)c(OC)cc1Cl. The van der Waals surface area contributed by atoms with Gasteiger partial charge in [0.15, 0.2) is 0 Å². The Morgan fingerprint density at radius 1 is 1.16 bits per heavy atom. The molecule has 0 spiro atoms. The predicted octanol–water partition coefficient (Wildman–Crippen LogP) is -2.13. The summed E-state index contributed by atoms with van der Waals surface area (Å²) in [7, 11) is 2.92. The number of quaternary nitrogens is 2. The van der Waals surface area contributed by atoms with Crippen LogP contribution in [0.1, 0.15) is 0 Å². The van der Waals surface area contributed by atoms with E-state index in [4.69, 9.17) is 21.1 Å². The molecule has 25 heavy (non-hydrogen) atoms. The summed E-state index contributed by atoms with van der Waals surface area (Å²) in [6, 6.07) is 3.03. The molecule has 1 aliphatic rings. The Morgan fingerprint density at radius 3 is 2.48 bits per heavy atom. The maximum absolute atomic E-state index is 12.1. The summed E-state index contributed by atoms with van der Waals surface area (Å²) in [6.07, 6.45) is 0. The fourth-order valence-corrected chi connectivity index (χ4v) is 2.93. The number of carbonyl (C=O) groups excluding carboxylic acids is 2. The van der Waals surface area contributed by atoms with Gasteiger partial charge in [0.05, 0.1) is 38.0 Å². The van der Waals surface area contributed by atoms with Gasteiger partial charge >= 0.3 is 11.8 Å². The molecule has 1 aromatic rings. The van der Waals surface area contributed by atoms with Crippen LogP contribution in [-0.4, -0.2) is 65.3 Å². The van der Waals surface area contributed by atoms with E-state index in [2.05, 4.69) is 16.0 Å². The molecule has 9 heteroatoms. The first-order chi connectivity index (χ1) is 12.0. The second-order valence-corrected chi connectivity index (χ2v) is 6.17. The molecule has 138 valence electrons. The minimum atomic E-state index is -0.760. The number of carbonyl (C=O) groups is 2. The highest BCUT2D eigenvalue weighted by molar-refractivity contribution is 6.40. The van der Waals surface area contributed by atoms with Crippen LogP contribution in [0.25, 0.3) is 0 Å². The lowest BCUT2D eigenvalue weighted by Gasteiger charge is -2.22. The normalized spacial score (nSPS) is 14.7. The first kappa shape index (κ1) is 19.3. The second kappa shape index (κ2) is 9.45. The monoisotopic (exact) mass is 372 g/mol. The average molecular weight is 373 g/mol. The number of rotatable bonds is 6. The van der Waals surface area contributed by atoms with Crippen molar-refractivity contribution in [3.8, 4) is 11.5 Å². The number of hydrogen-bond donors (Lipinski definition) is 4. The Morgan fingerprint density at radius 2 is 1.84 bits per heavy atom. The zero-order valence-corrected chi connectivity index (χ0v) is 15.2. The summed E-state index contributed by atoms with van der Waals surface area (Å²) in [6.45, 7) is 5.62. The molecule has 0 saturated carbocycles. The molecule has 2 amide bonds. The maximum Gasteiger partial charge on any atom is 0.313 e. The van der Waals surface area contributed by atoms with E-state index in [-0.39, 0.29) is 0 Å². The fourth-order valence-electron chi connectivity index (χ4n) is 2.70. The standard InChI is InChI=1S/C16H23ClN4O4/c1-24-13-10-12(14(25-2)9-11(13)17)20-16(23)15(22)19-5-8-21-6-3-18-4-7-21/h9-10,18H,3-8H2,1-2H3,(H,19,22)(H,20,23)/p+2. The van der Waals surface area contributed by atoms with E-state index < -0.39 is 11.8 Å². The topological polar surface area (TPSA) is 97.7 Å². The first-order valence-corrected chi connectivity index (χ1v) is 8.59. The largest absolute Gasteiger partial charge is 0.495 e. The van der Waals surface area contributed by atoms with Crippen LogP contribution in [0.3, 0.4) is 0 Å². The molecule has 1 aromatic carbocycles. The van der Waals surface area contributed by atoms with Gasteiger partial charge in [0.25, 0.3) is 0 Å². The minimum absolute atomic E-state index is 0.320. The third kappa shape index (κ3) is 5.48. The second-order valence-electron chi connectivity index (χ2n) is 5.76. The van der Waals surface area contributed by atoms with Gasteiger partial charge in [-0.2, -0.15) is 0 Å². The van der Waals surface area contributed by atoms with Gasteiger partial charge in [0.1, 0.15) is 37.7 Å². The smallest absolute Gasteiger partial charge is 0.313 e. The highest BCUT2D eigenvalue weighted by Crippen LogP contribution is 2.35. The van der Waals surface area contributed by atoms with Gasteiger partial charge < -0.3 is 30.3 Å². The highest BCUT2D eigenvalue weighted by Gasteiger charge is 2.19. The maximum atomic E-state index is 12.1. The van der Waals surface area contributed by atoms with Crippen molar-refractivity contribution in [3.05, 3.63) is 17.2 Å². The van der Waals surface area contributed by atoms with Crippen molar-refractivity contribution >= 4 is 29.1 Å². The van der Waals surface area contributed by atoms with Crippen molar-refractivity contribution in [1.82, 2.24) is 5.32 Å². The Balaban J connectivity index is 1.88. The molecule has 0 radical (unpaired) electrons. The molecule has 1 saturated heterocycles. The highest BCUT2D eigenvalue weighted by atomic mass is 35.5. The molecule has 0 bridgehead atoms. The van der Waals surface area contributed by atoms with Crippen molar-refractivity contribution < 1.29 is 29.3 Å². The van der Waals surface area contributed by atoms with Crippen LogP contribution >= 0.6 is 11.6 Å². The number of halogens is 1. The zero-order valence-electron chi connectivity index (χ0n) is 14.5. The average Bonchev–Trinajstić information content (AvgIpc) is 2.63. The number of piperazine rings is 1. The summed E-state index contributed by atoms with van der Waals surface area (Å²) < 4.78 is 10.3. The first-order valence-electron chi connectivity index (χ1n) is 8.21. The van der Waals surface area contributed by atoms with Crippen LogP contribution in [-0.2, 0) is 9.59 Å². The van der Waals surface area contributed by atoms with Gasteiger partial charge in [-0.15, -0.1) is 0 Å². The quantitative estimate of drug-likeness (QED) is 0.429. The van der Waals surface area contributed by atoms with E-state index in [9.17, 15) is 9.59 Å². The van der Waals surface area contributed by atoms with Crippen molar-refractivity contribution in [2.24, 2.45) is 0 Å². The van der Waals surface area contributed by atoms with E-state index >= 15 is 0 Å². The van der Waals surface area contributed by atoms with E-state index in [1.54, 1.807) is 0 Å². The predicted molar refractivity (Wildman–Crippen MR) is 93.4 cm³/mol. The van der Waals surface area contributed by atoms with Crippen LogP contribution in [0.15, 0.2) is 12.1 Å². The molecule has 0 aromatic heterocycles. The van der Waals surface area contributed by atoms with Crippen molar-refractivity contribution in [2.45, 2.75) is 0 Å². The lowest BCUT2D eigenvalue weighted by Crippen LogP contribution is -3.21. The van der Waals surface area contributed by atoms with Gasteiger partial charge in [-0.25, -0.2) is 0 Å². The number of benzene rings is 1. The molecule has 0 unspecified atom stereocenters. The molecular formula is C16H25ClN4O4+2. The lowest BCUT2D eigenvalue weighted by atomic mass is 10.2. The fraction of sp³-hybridized carbons (Fsp3) is 0.500. The van der Waals surface area contributed by atoms with Gasteiger partial charge in [0.2, 0.25) is 0 Å². The Labute approximate surface area is 151 Å². The molecule has 0 aliphatic carbocycles. The number of ether oxygens (including phenoxy) is 2. The number of nitrogens with one attached hydrogen (secondary N) is 3. The number of hydrogen-bond acceptors (Lipinski definition) is 4. The van der Waals surface area contributed by atoms with Crippen LogP contribution in [0, 0.1) is 0 Å². The van der Waals surface area contributed by atoms with Crippen molar-refractivity contribution in [3.63, 3.8) is 0 Å². The Kier molecular flexibility index (Phi) is 7.30.